The summed E-state index contributed by atoms with van der Waals surface area (Å²) < 4.78 is 9.85. The lowest BCUT2D eigenvalue weighted by Crippen LogP contribution is -2.39. The highest BCUT2D eigenvalue weighted by molar-refractivity contribution is 5.40. The molecule has 1 aromatic rings. The minimum Gasteiger partial charge on any atom is -0.454 e. The maximum Gasteiger partial charge on any atom is 0.260 e. The van der Waals surface area contributed by atoms with Gasteiger partial charge in [0, 0.05) is 0 Å². The molecule has 4 heteroatoms. The van der Waals surface area contributed by atoms with Crippen LogP contribution in [0.25, 0.3) is 0 Å². The van der Waals surface area contributed by atoms with E-state index in [1.807, 2.05) is 0 Å². The van der Waals surface area contributed by atoms with Crippen LogP contribution in [0.1, 0.15) is 0 Å². The topological polar surface area (TPSA) is 58.9 Å². The Morgan fingerprint density at radius 1 is 0.917 bits per heavy atom. The predicted molar refractivity (Wildman–Crippen MR) is 39.7 cm³/mol. The van der Waals surface area contributed by atoms with Crippen LogP contribution >= 0.6 is 0 Å². The second-order valence-corrected chi connectivity index (χ2v) is 2.46. The first-order chi connectivity index (χ1) is 5.77. The minimum absolute atomic E-state index is 0.440. The second kappa shape index (κ2) is 2.66. The standard InChI is InChI=1S/C8H8O4/c9-7-8(10)12-6-4-2-1-3-5(6)11-7/h1-4,7-10H/t7-,8+. The van der Waals surface area contributed by atoms with Gasteiger partial charge in [0.1, 0.15) is 0 Å². The first-order valence-electron chi connectivity index (χ1n) is 3.56. The van der Waals surface area contributed by atoms with E-state index in [-0.39, 0.29) is 0 Å². The highest BCUT2D eigenvalue weighted by atomic mass is 16.7. The highest BCUT2D eigenvalue weighted by Crippen LogP contribution is 2.31. The average Bonchev–Trinajstić information content (AvgIpc) is 2.07. The zero-order valence-electron chi connectivity index (χ0n) is 6.18. The van der Waals surface area contributed by atoms with Crippen LogP contribution in [-0.2, 0) is 0 Å². The summed E-state index contributed by atoms with van der Waals surface area (Å²) in [5, 5.41) is 18.1. The van der Waals surface area contributed by atoms with Crippen LogP contribution in [0.15, 0.2) is 24.3 Å². The first-order valence-corrected chi connectivity index (χ1v) is 3.56. The van der Waals surface area contributed by atoms with Crippen LogP contribution in [-0.4, -0.2) is 22.8 Å². The van der Waals surface area contributed by atoms with Crippen molar-refractivity contribution in [2.75, 3.05) is 0 Å². The van der Waals surface area contributed by atoms with Gasteiger partial charge in [0.05, 0.1) is 0 Å². The molecule has 1 aliphatic heterocycles. The van der Waals surface area contributed by atoms with E-state index in [1.54, 1.807) is 24.3 Å². The Hall–Kier alpha value is -1.26. The average molecular weight is 168 g/mol. The predicted octanol–water partition coefficient (Wildman–Crippen LogP) is 0.0946. The molecule has 0 spiro atoms. The summed E-state index contributed by atoms with van der Waals surface area (Å²) >= 11 is 0. The number of aliphatic hydroxyl groups excluding tert-OH is 2. The third kappa shape index (κ3) is 1.11. The van der Waals surface area contributed by atoms with Crippen molar-refractivity contribution < 1.29 is 19.7 Å². The van der Waals surface area contributed by atoms with Crippen molar-refractivity contribution in [3.05, 3.63) is 24.3 Å². The molecule has 0 radical (unpaired) electrons. The van der Waals surface area contributed by atoms with E-state index in [1.165, 1.54) is 0 Å². The summed E-state index contributed by atoms with van der Waals surface area (Å²) in [6.45, 7) is 0. The minimum atomic E-state index is -1.31. The van der Waals surface area contributed by atoms with Gasteiger partial charge in [0.2, 0.25) is 0 Å². The van der Waals surface area contributed by atoms with Gasteiger partial charge >= 0.3 is 0 Å². The van der Waals surface area contributed by atoms with Gasteiger partial charge in [-0.05, 0) is 12.1 Å². The molecule has 12 heavy (non-hydrogen) atoms. The van der Waals surface area contributed by atoms with Crippen LogP contribution < -0.4 is 9.47 Å². The summed E-state index contributed by atoms with van der Waals surface area (Å²) in [6.07, 6.45) is -2.61. The molecule has 64 valence electrons. The molecule has 2 rings (SSSR count). The summed E-state index contributed by atoms with van der Waals surface area (Å²) in [4.78, 5) is 0. The van der Waals surface area contributed by atoms with Gasteiger partial charge in [-0.15, -0.1) is 0 Å². The van der Waals surface area contributed by atoms with Gasteiger partial charge in [-0.1, -0.05) is 12.1 Å². The van der Waals surface area contributed by atoms with Gasteiger partial charge in [-0.3, -0.25) is 0 Å². The molecule has 0 amide bonds. The number of rotatable bonds is 0. The fraction of sp³-hybridized carbons (Fsp3) is 0.250. The van der Waals surface area contributed by atoms with Gasteiger partial charge in [-0.25, -0.2) is 0 Å². The number of benzene rings is 1. The Kier molecular flexibility index (Phi) is 1.64. The molecule has 2 atom stereocenters. The van der Waals surface area contributed by atoms with Crippen LogP contribution in [0.3, 0.4) is 0 Å². The number of hydrogen-bond acceptors (Lipinski definition) is 4. The van der Waals surface area contributed by atoms with E-state index in [4.69, 9.17) is 19.7 Å². The first kappa shape index (κ1) is 7.39. The number of fused-ring (bicyclic) bond motifs is 1. The molecule has 0 saturated heterocycles. The van der Waals surface area contributed by atoms with Crippen LogP contribution in [0, 0.1) is 0 Å². The lowest BCUT2D eigenvalue weighted by atomic mass is 10.3. The molecule has 0 aliphatic carbocycles. The summed E-state index contributed by atoms with van der Waals surface area (Å²) in [6, 6.07) is 6.83. The lowest BCUT2D eigenvalue weighted by molar-refractivity contribution is -0.198. The van der Waals surface area contributed by atoms with Gasteiger partial charge in [-0.2, -0.15) is 0 Å². The smallest absolute Gasteiger partial charge is 0.260 e. The zero-order valence-corrected chi connectivity index (χ0v) is 6.18. The van der Waals surface area contributed by atoms with Crippen LogP contribution in [0.5, 0.6) is 11.5 Å². The van der Waals surface area contributed by atoms with Crippen LogP contribution in [0.2, 0.25) is 0 Å². The highest BCUT2D eigenvalue weighted by Gasteiger charge is 2.27. The van der Waals surface area contributed by atoms with Crippen molar-refractivity contribution in [1.29, 1.82) is 0 Å². The largest absolute Gasteiger partial charge is 0.454 e. The number of ether oxygens (including phenoxy) is 2. The van der Waals surface area contributed by atoms with Crippen molar-refractivity contribution in [3.8, 4) is 11.5 Å². The van der Waals surface area contributed by atoms with E-state index in [0.29, 0.717) is 11.5 Å². The SMILES string of the molecule is O[C@@H]1Oc2ccccc2O[C@@H]1O. The third-order valence-electron chi connectivity index (χ3n) is 1.59. The summed E-state index contributed by atoms with van der Waals surface area (Å²) in [5.74, 6) is 0.880. The fourth-order valence-electron chi connectivity index (χ4n) is 1.02. The molecular weight excluding hydrogens is 160 g/mol. The summed E-state index contributed by atoms with van der Waals surface area (Å²) in [5.41, 5.74) is 0. The van der Waals surface area contributed by atoms with E-state index in [0.717, 1.165) is 0 Å². The monoisotopic (exact) mass is 168 g/mol. The Labute approximate surface area is 69.0 Å². The lowest BCUT2D eigenvalue weighted by Gasteiger charge is -2.26. The number of para-hydroxylation sites is 2. The molecule has 1 heterocycles. The van der Waals surface area contributed by atoms with E-state index < -0.39 is 12.6 Å². The Balaban J connectivity index is 2.34. The van der Waals surface area contributed by atoms with E-state index in [9.17, 15) is 0 Å². The maximum absolute atomic E-state index is 9.03. The fourth-order valence-corrected chi connectivity index (χ4v) is 1.02. The zero-order chi connectivity index (χ0) is 8.55. The Morgan fingerprint density at radius 2 is 1.33 bits per heavy atom. The molecule has 0 aromatic heterocycles. The Bertz CT molecular complexity index is 257. The molecule has 4 nitrogen and oxygen atoms in total. The maximum atomic E-state index is 9.03. The van der Waals surface area contributed by atoms with Gasteiger partial charge < -0.3 is 19.7 Å². The van der Waals surface area contributed by atoms with Crippen molar-refractivity contribution in [2.45, 2.75) is 12.6 Å². The van der Waals surface area contributed by atoms with Crippen LogP contribution in [0.4, 0.5) is 0 Å². The van der Waals surface area contributed by atoms with Gasteiger partial charge in [0.15, 0.2) is 11.5 Å². The van der Waals surface area contributed by atoms with Crippen molar-refractivity contribution in [1.82, 2.24) is 0 Å². The van der Waals surface area contributed by atoms with Gasteiger partial charge in [0.25, 0.3) is 12.6 Å². The van der Waals surface area contributed by atoms with Crippen molar-refractivity contribution in [2.24, 2.45) is 0 Å². The van der Waals surface area contributed by atoms with Crippen molar-refractivity contribution in [3.63, 3.8) is 0 Å². The molecule has 1 aliphatic rings. The normalized spacial score (nSPS) is 26.8. The second-order valence-electron chi connectivity index (χ2n) is 2.46. The van der Waals surface area contributed by atoms with E-state index >= 15 is 0 Å². The molecule has 0 unspecified atom stereocenters. The summed E-state index contributed by atoms with van der Waals surface area (Å²) in [7, 11) is 0. The molecule has 2 N–H and O–H groups in total. The molecular formula is C8H8O4. The van der Waals surface area contributed by atoms with Crippen molar-refractivity contribution >= 4 is 0 Å². The van der Waals surface area contributed by atoms with E-state index in [2.05, 4.69) is 0 Å². The quantitative estimate of drug-likeness (QED) is 0.576. The molecule has 0 saturated carbocycles. The molecule has 0 bridgehead atoms. The number of hydrogen-bond donors (Lipinski definition) is 2. The third-order valence-corrected chi connectivity index (χ3v) is 1.59. The molecule has 1 aromatic carbocycles. The Morgan fingerprint density at radius 3 is 1.75 bits per heavy atom. The number of aliphatic hydroxyl groups is 2. The molecule has 0 fully saturated rings.